The Kier molecular flexibility index (Phi) is 5.27. The molecule has 0 unspecified atom stereocenters. The number of benzene rings is 2. The number of sulfone groups is 1. The van der Waals surface area contributed by atoms with Crippen LogP contribution < -0.4 is 14.4 Å². The number of nitrogens with zero attached hydrogens (tertiary/aromatic N) is 2. The van der Waals surface area contributed by atoms with E-state index >= 15 is 0 Å². The van der Waals surface area contributed by atoms with E-state index < -0.39 is 9.84 Å². The number of pyridine rings is 1. The molecule has 1 aromatic heterocycles. The maximum atomic E-state index is 13.5. The number of ether oxygens (including phenoxy) is 2. The zero-order valence-electron chi connectivity index (χ0n) is 16.2. The molecule has 2 aromatic carbocycles. The van der Waals surface area contributed by atoms with E-state index in [1.807, 2.05) is 0 Å². The molecule has 0 amide bonds. The molecule has 0 N–H and O–H groups in total. The summed E-state index contributed by atoms with van der Waals surface area (Å²) in [4.78, 5) is 6.92. The van der Waals surface area contributed by atoms with Crippen LogP contribution in [0.4, 0.5) is 5.69 Å². The Morgan fingerprint density at radius 1 is 1.00 bits per heavy atom. The topological polar surface area (TPSA) is 68.7 Å². The van der Waals surface area contributed by atoms with Gasteiger partial charge in [-0.3, -0.25) is 4.98 Å². The average Bonchev–Trinajstić information content (AvgIpc) is 3.26. The van der Waals surface area contributed by atoms with Crippen molar-refractivity contribution in [2.45, 2.75) is 22.6 Å². The van der Waals surface area contributed by atoms with Crippen molar-refractivity contribution in [1.29, 1.82) is 0 Å². The van der Waals surface area contributed by atoms with E-state index in [1.165, 1.54) is 18.3 Å². The molecule has 1 saturated heterocycles. The Bertz CT molecular complexity index is 1160. The lowest BCUT2D eigenvalue weighted by atomic mass is 10.1. The third-order valence-corrected chi connectivity index (χ3v) is 7.17. The van der Waals surface area contributed by atoms with E-state index in [0.29, 0.717) is 27.7 Å². The van der Waals surface area contributed by atoms with Crippen LogP contribution in [-0.2, 0) is 9.84 Å². The smallest absolute Gasteiger partial charge is 0.210 e. The maximum absolute atomic E-state index is 13.5. The molecule has 2 heterocycles. The molecule has 8 heteroatoms. The molecule has 0 radical (unpaired) electrons. The summed E-state index contributed by atoms with van der Waals surface area (Å²) in [6.07, 6.45) is 3.46. The average molecular weight is 433 g/mol. The van der Waals surface area contributed by atoms with Crippen LogP contribution in [0.3, 0.4) is 0 Å². The van der Waals surface area contributed by atoms with Crippen LogP contribution in [0.2, 0.25) is 5.02 Å². The summed E-state index contributed by atoms with van der Waals surface area (Å²) < 4.78 is 37.8. The Morgan fingerprint density at radius 3 is 2.24 bits per heavy atom. The van der Waals surface area contributed by atoms with Crippen LogP contribution in [0.25, 0.3) is 10.9 Å². The SMILES string of the molecule is COc1cc2ncc(S(=O)(=O)c3ccc(Cl)cc3)c(N3CCCC3)c2cc1OC. The zero-order valence-corrected chi connectivity index (χ0v) is 17.8. The molecule has 152 valence electrons. The summed E-state index contributed by atoms with van der Waals surface area (Å²) in [6.45, 7) is 1.58. The monoisotopic (exact) mass is 432 g/mol. The highest BCUT2D eigenvalue weighted by atomic mass is 35.5. The second-order valence-corrected chi connectivity index (χ2v) is 9.20. The number of anilines is 1. The Hall–Kier alpha value is -2.51. The van der Waals surface area contributed by atoms with Crippen molar-refractivity contribution in [3.8, 4) is 11.5 Å². The highest BCUT2D eigenvalue weighted by Gasteiger charge is 2.28. The van der Waals surface area contributed by atoms with Crippen molar-refractivity contribution in [2.75, 3.05) is 32.2 Å². The van der Waals surface area contributed by atoms with Crippen molar-refractivity contribution < 1.29 is 17.9 Å². The van der Waals surface area contributed by atoms with Crippen molar-refractivity contribution in [3.63, 3.8) is 0 Å². The maximum Gasteiger partial charge on any atom is 0.210 e. The molecule has 1 aliphatic rings. The Morgan fingerprint density at radius 2 is 1.62 bits per heavy atom. The fraction of sp³-hybridized carbons (Fsp3) is 0.286. The molecule has 1 aliphatic heterocycles. The Balaban J connectivity index is 2.00. The summed E-state index contributed by atoms with van der Waals surface area (Å²) in [5.74, 6) is 1.08. The number of aromatic nitrogens is 1. The molecule has 0 bridgehead atoms. The van der Waals surface area contributed by atoms with Crippen molar-refractivity contribution >= 4 is 38.0 Å². The van der Waals surface area contributed by atoms with Gasteiger partial charge in [0.15, 0.2) is 11.5 Å². The molecule has 0 spiro atoms. The molecule has 0 aliphatic carbocycles. The predicted octanol–water partition coefficient (Wildman–Crippen LogP) is 4.34. The highest BCUT2D eigenvalue weighted by Crippen LogP contribution is 2.41. The largest absolute Gasteiger partial charge is 0.493 e. The lowest BCUT2D eigenvalue weighted by molar-refractivity contribution is 0.356. The predicted molar refractivity (Wildman–Crippen MR) is 113 cm³/mol. The first-order valence-corrected chi connectivity index (χ1v) is 11.1. The summed E-state index contributed by atoms with van der Waals surface area (Å²) >= 11 is 5.94. The zero-order chi connectivity index (χ0) is 20.6. The number of rotatable bonds is 5. The Labute approximate surface area is 174 Å². The van der Waals surface area contributed by atoms with Gasteiger partial charge in [0.05, 0.1) is 30.3 Å². The number of hydrogen-bond donors (Lipinski definition) is 0. The normalized spacial score (nSPS) is 14.4. The lowest BCUT2D eigenvalue weighted by Crippen LogP contribution is -2.21. The van der Waals surface area contributed by atoms with Gasteiger partial charge in [-0.05, 0) is 43.2 Å². The molecule has 4 rings (SSSR count). The molecular weight excluding hydrogens is 412 g/mol. The van der Waals surface area contributed by atoms with E-state index in [9.17, 15) is 8.42 Å². The number of hydrogen-bond acceptors (Lipinski definition) is 6. The number of fused-ring (bicyclic) bond motifs is 1. The first-order chi connectivity index (χ1) is 14.0. The van der Waals surface area contributed by atoms with Gasteiger partial charge in [0.25, 0.3) is 0 Å². The van der Waals surface area contributed by atoms with E-state index in [2.05, 4.69) is 9.88 Å². The van der Waals surface area contributed by atoms with Gasteiger partial charge in [0.2, 0.25) is 9.84 Å². The molecular formula is C21H21ClN2O4S. The summed E-state index contributed by atoms with van der Waals surface area (Å²) in [5, 5.41) is 1.21. The number of methoxy groups -OCH3 is 2. The molecule has 0 atom stereocenters. The van der Waals surface area contributed by atoms with Crippen molar-refractivity contribution in [3.05, 3.63) is 47.6 Å². The second-order valence-electron chi connectivity index (χ2n) is 6.85. The second kappa shape index (κ2) is 7.72. The highest BCUT2D eigenvalue weighted by molar-refractivity contribution is 7.91. The van der Waals surface area contributed by atoms with Gasteiger partial charge in [0, 0.05) is 35.8 Å². The van der Waals surface area contributed by atoms with Gasteiger partial charge in [-0.25, -0.2) is 8.42 Å². The fourth-order valence-electron chi connectivity index (χ4n) is 3.69. The van der Waals surface area contributed by atoms with Crippen LogP contribution in [0.1, 0.15) is 12.8 Å². The minimum absolute atomic E-state index is 0.182. The van der Waals surface area contributed by atoms with Crippen LogP contribution in [0.5, 0.6) is 11.5 Å². The van der Waals surface area contributed by atoms with Gasteiger partial charge in [-0.15, -0.1) is 0 Å². The molecule has 3 aromatic rings. The quantitative estimate of drug-likeness (QED) is 0.597. The number of halogens is 1. The summed E-state index contributed by atoms with van der Waals surface area (Å²) in [6, 6.07) is 9.76. The van der Waals surface area contributed by atoms with Crippen molar-refractivity contribution in [1.82, 2.24) is 4.98 Å². The lowest BCUT2D eigenvalue weighted by Gasteiger charge is -2.23. The van der Waals surface area contributed by atoms with Gasteiger partial charge in [-0.1, -0.05) is 11.6 Å². The van der Waals surface area contributed by atoms with Gasteiger partial charge in [-0.2, -0.15) is 0 Å². The fourth-order valence-corrected chi connectivity index (χ4v) is 5.25. The molecule has 6 nitrogen and oxygen atoms in total. The summed E-state index contributed by atoms with van der Waals surface area (Å²) in [7, 11) is -0.669. The summed E-state index contributed by atoms with van der Waals surface area (Å²) in [5.41, 5.74) is 1.31. The molecule has 29 heavy (non-hydrogen) atoms. The first kappa shape index (κ1) is 19.8. The van der Waals surface area contributed by atoms with Crippen LogP contribution in [0.15, 0.2) is 52.4 Å². The van der Waals surface area contributed by atoms with E-state index in [-0.39, 0.29) is 9.79 Å². The molecule has 0 saturated carbocycles. The van der Waals surface area contributed by atoms with Gasteiger partial charge in [0.1, 0.15) is 4.90 Å². The van der Waals surface area contributed by atoms with Crippen molar-refractivity contribution in [2.24, 2.45) is 0 Å². The van der Waals surface area contributed by atoms with Gasteiger partial charge < -0.3 is 14.4 Å². The van der Waals surface area contributed by atoms with Gasteiger partial charge >= 0.3 is 0 Å². The van der Waals surface area contributed by atoms with E-state index in [1.54, 1.807) is 38.5 Å². The standard InChI is InChI=1S/C21H21ClN2O4S/c1-27-18-11-16-17(12-19(18)28-2)23-13-20(21(16)24-9-3-4-10-24)29(25,26)15-7-5-14(22)6-8-15/h5-8,11-13H,3-4,9-10H2,1-2H3. The van der Waals surface area contributed by atoms with Crippen LogP contribution in [-0.4, -0.2) is 40.7 Å². The van der Waals surface area contributed by atoms with Crippen LogP contribution in [0, 0.1) is 0 Å². The first-order valence-electron chi connectivity index (χ1n) is 9.26. The van der Waals surface area contributed by atoms with E-state index in [4.69, 9.17) is 21.1 Å². The minimum atomic E-state index is -3.79. The third-order valence-electron chi connectivity index (χ3n) is 5.15. The third kappa shape index (κ3) is 3.49. The minimum Gasteiger partial charge on any atom is -0.493 e. The van der Waals surface area contributed by atoms with Crippen LogP contribution >= 0.6 is 11.6 Å². The molecule has 1 fully saturated rings. The van der Waals surface area contributed by atoms with E-state index in [0.717, 1.165) is 31.3 Å².